The van der Waals surface area contributed by atoms with Crippen molar-refractivity contribution in [1.29, 1.82) is 0 Å². The van der Waals surface area contributed by atoms with E-state index in [-0.39, 0.29) is 41.3 Å². The standard InChI is InChI=1S/3C9H13.Pr/c3*1-2-3-6-9-7-4-5-8-9;/h3*4-5,7-8H,2-3,6H2,1H3;/q3*-1;+3. The fourth-order valence-electron chi connectivity index (χ4n) is 2.88. The monoisotopic (exact) mass is 504 g/mol. The molecule has 0 radical (unpaired) electrons. The average Bonchev–Trinajstić information content (AvgIpc) is 3.47. The van der Waals surface area contributed by atoms with E-state index in [1.54, 1.807) is 0 Å². The van der Waals surface area contributed by atoms with Crippen LogP contribution in [0, 0.1) is 41.3 Å². The van der Waals surface area contributed by atoms with Crippen LogP contribution in [0.3, 0.4) is 0 Å². The first-order valence-electron chi connectivity index (χ1n) is 10.9. The molecule has 0 aliphatic carbocycles. The van der Waals surface area contributed by atoms with Gasteiger partial charge in [-0.25, -0.2) is 36.4 Å². The molecule has 0 heterocycles. The van der Waals surface area contributed by atoms with E-state index >= 15 is 0 Å². The molecule has 0 N–H and O–H groups in total. The number of aryl methyl sites for hydroxylation is 3. The van der Waals surface area contributed by atoms with Crippen molar-refractivity contribution in [2.45, 2.75) is 78.6 Å². The van der Waals surface area contributed by atoms with Crippen LogP contribution in [-0.4, -0.2) is 0 Å². The maximum absolute atomic E-state index is 2.23. The zero-order chi connectivity index (χ0) is 19.6. The van der Waals surface area contributed by atoms with Crippen molar-refractivity contribution >= 4 is 0 Å². The number of rotatable bonds is 9. The Kier molecular flexibility index (Phi) is 19.3. The summed E-state index contributed by atoms with van der Waals surface area (Å²) in [5, 5.41) is 0. The second kappa shape index (κ2) is 19.7. The number of hydrogen-bond acceptors (Lipinski definition) is 0. The number of unbranched alkanes of at least 4 members (excludes halogenated alkanes) is 3. The van der Waals surface area contributed by atoms with Crippen LogP contribution < -0.4 is 0 Å². The summed E-state index contributed by atoms with van der Waals surface area (Å²) < 4.78 is 0. The Hall–Kier alpha value is -0.586. The molecule has 0 atom stereocenters. The van der Waals surface area contributed by atoms with Gasteiger partial charge in [0.05, 0.1) is 0 Å². The van der Waals surface area contributed by atoms with Gasteiger partial charge in [-0.05, 0) is 0 Å². The normalized spacial score (nSPS) is 9.54. The fraction of sp³-hybridized carbons (Fsp3) is 0.444. The molecule has 0 amide bonds. The smallest absolute Gasteiger partial charge is 0.213 e. The molecule has 0 fully saturated rings. The number of hydrogen-bond donors (Lipinski definition) is 0. The van der Waals surface area contributed by atoms with Crippen molar-refractivity contribution in [3.63, 3.8) is 0 Å². The van der Waals surface area contributed by atoms with E-state index in [2.05, 4.69) is 93.6 Å². The van der Waals surface area contributed by atoms with Gasteiger partial charge < -0.3 is 0 Å². The minimum atomic E-state index is 0. The van der Waals surface area contributed by atoms with Crippen molar-refractivity contribution in [3.8, 4) is 0 Å². The molecule has 150 valence electrons. The summed E-state index contributed by atoms with van der Waals surface area (Å²) in [5.74, 6) is 0. The van der Waals surface area contributed by atoms with E-state index in [9.17, 15) is 0 Å². The van der Waals surface area contributed by atoms with Crippen LogP contribution in [0.5, 0.6) is 0 Å². The third-order valence-corrected chi connectivity index (χ3v) is 4.65. The van der Waals surface area contributed by atoms with Crippen molar-refractivity contribution in [2.75, 3.05) is 0 Å². The first kappa shape index (κ1) is 27.4. The molecular formula is C27H39Pr. The molecule has 3 aromatic carbocycles. The third-order valence-electron chi connectivity index (χ3n) is 4.65. The summed E-state index contributed by atoms with van der Waals surface area (Å²) in [6.07, 6.45) is 11.6. The first-order valence-corrected chi connectivity index (χ1v) is 10.9. The van der Waals surface area contributed by atoms with Crippen LogP contribution in [0.25, 0.3) is 0 Å². The van der Waals surface area contributed by atoms with Gasteiger partial charge in [0.1, 0.15) is 0 Å². The Morgan fingerprint density at radius 1 is 0.429 bits per heavy atom. The minimum absolute atomic E-state index is 0. The van der Waals surface area contributed by atoms with E-state index in [0.29, 0.717) is 0 Å². The molecule has 0 bridgehead atoms. The molecular weight excluding hydrogens is 465 g/mol. The second-order valence-electron chi connectivity index (χ2n) is 7.19. The summed E-state index contributed by atoms with van der Waals surface area (Å²) in [5.41, 5.74) is 4.45. The van der Waals surface area contributed by atoms with Crippen molar-refractivity contribution in [2.24, 2.45) is 0 Å². The van der Waals surface area contributed by atoms with Gasteiger partial charge >= 0.3 is 41.3 Å². The van der Waals surface area contributed by atoms with E-state index in [1.807, 2.05) is 0 Å². The molecule has 0 aliphatic rings. The molecule has 0 aromatic heterocycles. The maximum atomic E-state index is 2.23. The van der Waals surface area contributed by atoms with Crippen LogP contribution in [0.1, 0.15) is 76.0 Å². The molecule has 0 spiro atoms. The van der Waals surface area contributed by atoms with Crippen LogP contribution in [-0.2, 0) is 19.3 Å². The van der Waals surface area contributed by atoms with Crippen molar-refractivity contribution in [1.82, 2.24) is 0 Å². The maximum Gasteiger partial charge on any atom is 3.00 e. The zero-order valence-corrected chi connectivity index (χ0v) is 22.1. The van der Waals surface area contributed by atoms with Gasteiger partial charge in [-0.15, -0.1) is 0 Å². The molecule has 3 aromatic rings. The summed E-state index contributed by atoms with van der Waals surface area (Å²) in [4.78, 5) is 0. The summed E-state index contributed by atoms with van der Waals surface area (Å²) in [6, 6.07) is 25.8. The topological polar surface area (TPSA) is 0 Å². The Labute approximate surface area is 207 Å². The first-order chi connectivity index (χ1) is 13.3. The molecule has 0 nitrogen and oxygen atoms in total. The van der Waals surface area contributed by atoms with Crippen molar-refractivity contribution in [3.05, 3.63) is 89.5 Å². The van der Waals surface area contributed by atoms with E-state index in [0.717, 1.165) is 0 Å². The SMILES string of the molecule is CCCC[c-]1cccc1.CCCC[c-]1cccc1.CCCC[c-]1cccc1.[Pr+3]. The Balaban J connectivity index is 0.000000384. The van der Waals surface area contributed by atoms with Gasteiger partial charge in [-0.1, -0.05) is 78.6 Å². The summed E-state index contributed by atoms with van der Waals surface area (Å²) in [6.45, 7) is 6.68. The van der Waals surface area contributed by atoms with Gasteiger partial charge in [0.2, 0.25) is 0 Å². The largest absolute Gasteiger partial charge is 3.00 e. The van der Waals surface area contributed by atoms with Gasteiger partial charge in [0.15, 0.2) is 0 Å². The Morgan fingerprint density at radius 3 is 0.821 bits per heavy atom. The van der Waals surface area contributed by atoms with Gasteiger partial charge in [-0.2, -0.15) is 53.1 Å². The van der Waals surface area contributed by atoms with E-state index in [1.165, 1.54) is 74.5 Å². The molecule has 1 heteroatoms. The predicted octanol–water partition coefficient (Wildman–Crippen LogP) is 8.24. The van der Waals surface area contributed by atoms with E-state index < -0.39 is 0 Å². The quantitative estimate of drug-likeness (QED) is 0.258. The van der Waals surface area contributed by atoms with Gasteiger partial charge in [0, 0.05) is 0 Å². The minimum Gasteiger partial charge on any atom is -0.213 e. The second-order valence-corrected chi connectivity index (χ2v) is 7.19. The van der Waals surface area contributed by atoms with Crippen LogP contribution in [0.4, 0.5) is 0 Å². The molecule has 3 rings (SSSR count). The van der Waals surface area contributed by atoms with Gasteiger partial charge in [0.25, 0.3) is 0 Å². The molecule has 0 aliphatic heterocycles. The van der Waals surface area contributed by atoms with Crippen LogP contribution in [0.2, 0.25) is 0 Å². The predicted molar refractivity (Wildman–Crippen MR) is 122 cm³/mol. The molecule has 0 saturated carbocycles. The Morgan fingerprint density at radius 2 is 0.643 bits per heavy atom. The molecule has 0 saturated heterocycles. The average molecular weight is 505 g/mol. The summed E-state index contributed by atoms with van der Waals surface area (Å²) in [7, 11) is 0. The Bertz CT molecular complexity index is 508. The van der Waals surface area contributed by atoms with Crippen LogP contribution in [0.15, 0.2) is 72.8 Å². The zero-order valence-electron chi connectivity index (χ0n) is 18.4. The molecule has 28 heavy (non-hydrogen) atoms. The van der Waals surface area contributed by atoms with E-state index in [4.69, 9.17) is 0 Å². The summed E-state index contributed by atoms with van der Waals surface area (Å²) >= 11 is 0. The van der Waals surface area contributed by atoms with Crippen molar-refractivity contribution < 1.29 is 41.3 Å². The fourth-order valence-corrected chi connectivity index (χ4v) is 2.88. The third kappa shape index (κ3) is 14.4. The molecule has 0 unspecified atom stereocenters. The van der Waals surface area contributed by atoms with Gasteiger partial charge in [-0.3, -0.25) is 0 Å². The van der Waals surface area contributed by atoms with Crippen LogP contribution >= 0.6 is 0 Å².